The molecular weight excluding hydrogens is 371 g/mol. The standard InChI is InChI=1S/C19H21FN2O4S/c20-16-5-3-15(4-6-16)19(23)21-11-14-26-17-7-9-18(10-8-17)27(24,25)22-12-1-2-13-22/h3-10H,1-2,11-14H2,(H,21,23). The quantitative estimate of drug-likeness (QED) is 0.735. The third-order valence-electron chi connectivity index (χ3n) is 4.29. The highest BCUT2D eigenvalue weighted by Crippen LogP contribution is 2.22. The third-order valence-corrected chi connectivity index (χ3v) is 6.20. The topological polar surface area (TPSA) is 75.7 Å². The van der Waals surface area contributed by atoms with Gasteiger partial charge in [0.05, 0.1) is 11.4 Å². The van der Waals surface area contributed by atoms with Crippen molar-refractivity contribution in [2.75, 3.05) is 26.2 Å². The number of hydrogen-bond donors (Lipinski definition) is 1. The number of benzene rings is 2. The van der Waals surface area contributed by atoms with Gasteiger partial charge in [0.2, 0.25) is 10.0 Å². The molecular formula is C19H21FN2O4S. The first-order valence-corrected chi connectivity index (χ1v) is 10.2. The van der Waals surface area contributed by atoms with Crippen LogP contribution in [0.15, 0.2) is 53.4 Å². The van der Waals surface area contributed by atoms with Gasteiger partial charge in [-0.25, -0.2) is 12.8 Å². The fourth-order valence-electron chi connectivity index (χ4n) is 2.82. The van der Waals surface area contributed by atoms with Gasteiger partial charge in [-0.3, -0.25) is 4.79 Å². The Labute approximate surface area is 158 Å². The Morgan fingerprint density at radius 1 is 1.04 bits per heavy atom. The first kappa shape index (κ1) is 19.3. The number of carbonyl (C=O) groups excluding carboxylic acids is 1. The second-order valence-electron chi connectivity index (χ2n) is 6.19. The van der Waals surface area contributed by atoms with Gasteiger partial charge in [-0.2, -0.15) is 4.31 Å². The minimum absolute atomic E-state index is 0.227. The van der Waals surface area contributed by atoms with E-state index in [9.17, 15) is 17.6 Å². The Morgan fingerprint density at radius 3 is 2.30 bits per heavy atom. The fraction of sp³-hybridized carbons (Fsp3) is 0.316. The molecule has 0 aromatic heterocycles. The number of carbonyl (C=O) groups is 1. The van der Waals surface area contributed by atoms with Crippen molar-refractivity contribution in [3.63, 3.8) is 0 Å². The van der Waals surface area contributed by atoms with Gasteiger partial charge in [0, 0.05) is 18.7 Å². The summed E-state index contributed by atoms with van der Waals surface area (Å²) in [5.41, 5.74) is 0.368. The Morgan fingerprint density at radius 2 is 1.67 bits per heavy atom. The molecule has 1 N–H and O–H groups in total. The molecule has 27 heavy (non-hydrogen) atoms. The summed E-state index contributed by atoms with van der Waals surface area (Å²) in [5.74, 6) is -0.192. The molecule has 0 atom stereocenters. The SMILES string of the molecule is O=C(NCCOc1ccc(S(=O)(=O)N2CCCC2)cc1)c1ccc(F)cc1. The molecule has 0 radical (unpaired) electrons. The molecule has 3 rings (SSSR count). The zero-order valence-corrected chi connectivity index (χ0v) is 15.5. The van der Waals surface area contributed by atoms with Crippen LogP contribution in [-0.4, -0.2) is 44.9 Å². The lowest BCUT2D eigenvalue weighted by atomic mass is 10.2. The molecule has 0 saturated carbocycles. The van der Waals surface area contributed by atoms with Crippen molar-refractivity contribution < 1.29 is 22.3 Å². The molecule has 6 nitrogen and oxygen atoms in total. The van der Waals surface area contributed by atoms with Crippen LogP contribution in [0.5, 0.6) is 5.75 Å². The zero-order valence-electron chi connectivity index (χ0n) is 14.7. The summed E-state index contributed by atoms with van der Waals surface area (Å²) in [4.78, 5) is 12.1. The number of hydrogen-bond acceptors (Lipinski definition) is 4. The number of halogens is 1. The maximum atomic E-state index is 12.8. The van der Waals surface area contributed by atoms with Crippen molar-refractivity contribution in [2.45, 2.75) is 17.7 Å². The molecule has 8 heteroatoms. The van der Waals surface area contributed by atoms with E-state index in [1.54, 1.807) is 12.1 Å². The predicted molar refractivity (Wildman–Crippen MR) is 98.7 cm³/mol. The van der Waals surface area contributed by atoms with Gasteiger partial charge in [-0.15, -0.1) is 0 Å². The van der Waals surface area contributed by atoms with Crippen LogP contribution in [0.1, 0.15) is 23.2 Å². The smallest absolute Gasteiger partial charge is 0.251 e. The van der Waals surface area contributed by atoms with Crippen molar-refractivity contribution in [1.82, 2.24) is 9.62 Å². The van der Waals surface area contributed by atoms with Crippen LogP contribution < -0.4 is 10.1 Å². The monoisotopic (exact) mass is 392 g/mol. The van der Waals surface area contributed by atoms with Gasteiger partial charge in [0.25, 0.3) is 5.91 Å². The molecule has 1 fully saturated rings. The normalized spacial score (nSPS) is 14.9. The Bertz CT molecular complexity index is 877. The number of nitrogens with one attached hydrogen (secondary N) is 1. The van der Waals surface area contributed by atoms with Crippen LogP contribution in [0, 0.1) is 5.82 Å². The van der Waals surface area contributed by atoms with Gasteiger partial charge in [-0.1, -0.05) is 0 Å². The van der Waals surface area contributed by atoms with E-state index in [4.69, 9.17) is 4.74 Å². The summed E-state index contributed by atoms with van der Waals surface area (Å²) >= 11 is 0. The van der Waals surface area contributed by atoms with E-state index in [1.807, 2.05) is 0 Å². The molecule has 1 aliphatic heterocycles. The minimum atomic E-state index is -3.43. The highest BCUT2D eigenvalue weighted by Gasteiger charge is 2.26. The van der Waals surface area contributed by atoms with Gasteiger partial charge < -0.3 is 10.1 Å². The number of nitrogens with zero attached hydrogens (tertiary/aromatic N) is 1. The van der Waals surface area contributed by atoms with Crippen molar-refractivity contribution >= 4 is 15.9 Å². The highest BCUT2D eigenvalue weighted by molar-refractivity contribution is 7.89. The van der Waals surface area contributed by atoms with Crippen molar-refractivity contribution in [1.29, 1.82) is 0 Å². The van der Waals surface area contributed by atoms with E-state index >= 15 is 0 Å². The minimum Gasteiger partial charge on any atom is -0.492 e. The van der Waals surface area contributed by atoms with Crippen LogP contribution in [-0.2, 0) is 10.0 Å². The van der Waals surface area contributed by atoms with E-state index in [-0.39, 0.29) is 24.0 Å². The molecule has 1 saturated heterocycles. The van der Waals surface area contributed by atoms with Crippen molar-refractivity contribution in [2.24, 2.45) is 0 Å². The summed E-state index contributed by atoms with van der Waals surface area (Å²) in [6.07, 6.45) is 1.79. The summed E-state index contributed by atoms with van der Waals surface area (Å²) in [7, 11) is -3.43. The summed E-state index contributed by atoms with van der Waals surface area (Å²) in [6, 6.07) is 11.5. The molecule has 2 aromatic carbocycles. The number of rotatable bonds is 7. The Hall–Kier alpha value is -2.45. The summed E-state index contributed by atoms with van der Waals surface area (Å²) in [6.45, 7) is 1.62. The van der Waals surface area contributed by atoms with Crippen molar-refractivity contribution in [3.05, 3.63) is 59.9 Å². The first-order chi connectivity index (χ1) is 13.0. The van der Waals surface area contributed by atoms with Gasteiger partial charge in [-0.05, 0) is 61.4 Å². The van der Waals surface area contributed by atoms with E-state index in [0.29, 0.717) is 24.4 Å². The van der Waals surface area contributed by atoms with Gasteiger partial charge in [0.15, 0.2) is 0 Å². The molecule has 0 spiro atoms. The molecule has 0 unspecified atom stereocenters. The molecule has 0 aliphatic carbocycles. The molecule has 1 amide bonds. The lowest BCUT2D eigenvalue weighted by molar-refractivity contribution is 0.0947. The highest BCUT2D eigenvalue weighted by atomic mass is 32.2. The van der Waals surface area contributed by atoms with Gasteiger partial charge >= 0.3 is 0 Å². The van der Waals surface area contributed by atoms with Gasteiger partial charge in [0.1, 0.15) is 18.2 Å². The molecule has 2 aromatic rings. The first-order valence-electron chi connectivity index (χ1n) is 8.73. The molecule has 144 valence electrons. The average Bonchev–Trinajstić information content (AvgIpc) is 3.22. The lowest BCUT2D eigenvalue weighted by Gasteiger charge is -2.15. The zero-order chi connectivity index (χ0) is 19.3. The van der Waals surface area contributed by atoms with Crippen LogP contribution in [0.25, 0.3) is 0 Å². The second kappa shape index (κ2) is 8.49. The fourth-order valence-corrected chi connectivity index (χ4v) is 4.34. The predicted octanol–water partition coefficient (Wildman–Crippen LogP) is 2.42. The van der Waals surface area contributed by atoms with Crippen LogP contribution in [0.2, 0.25) is 0 Å². The summed E-state index contributed by atoms with van der Waals surface area (Å²) in [5, 5.41) is 2.67. The number of amides is 1. The second-order valence-corrected chi connectivity index (χ2v) is 8.13. The lowest BCUT2D eigenvalue weighted by Crippen LogP contribution is -2.28. The van der Waals surface area contributed by atoms with E-state index in [0.717, 1.165) is 12.8 Å². The maximum absolute atomic E-state index is 12.8. The molecule has 0 bridgehead atoms. The van der Waals surface area contributed by atoms with E-state index < -0.39 is 15.8 Å². The molecule has 1 aliphatic rings. The Balaban J connectivity index is 1.47. The van der Waals surface area contributed by atoms with E-state index in [2.05, 4.69) is 5.32 Å². The number of ether oxygens (including phenoxy) is 1. The van der Waals surface area contributed by atoms with Crippen LogP contribution >= 0.6 is 0 Å². The average molecular weight is 392 g/mol. The third kappa shape index (κ3) is 4.84. The van der Waals surface area contributed by atoms with Crippen LogP contribution in [0.3, 0.4) is 0 Å². The molecule has 1 heterocycles. The maximum Gasteiger partial charge on any atom is 0.251 e. The van der Waals surface area contributed by atoms with Crippen LogP contribution in [0.4, 0.5) is 4.39 Å². The Kier molecular flexibility index (Phi) is 6.08. The number of sulfonamides is 1. The van der Waals surface area contributed by atoms with E-state index in [1.165, 1.54) is 40.7 Å². The largest absolute Gasteiger partial charge is 0.492 e. The summed E-state index contributed by atoms with van der Waals surface area (Å²) < 4.78 is 44.8. The van der Waals surface area contributed by atoms with Crippen molar-refractivity contribution in [3.8, 4) is 5.75 Å².